The molecule has 3 unspecified atom stereocenters. The summed E-state index contributed by atoms with van der Waals surface area (Å²) in [6, 6.07) is 12.7. The second kappa shape index (κ2) is 8.90. The highest BCUT2D eigenvalue weighted by Crippen LogP contribution is 2.46. The van der Waals surface area contributed by atoms with Gasteiger partial charge < -0.3 is 24.7 Å². The van der Waals surface area contributed by atoms with Crippen LogP contribution in [0.25, 0.3) is 0 Å². The number of hydrogen-bond acceptors (Lipinski definition) is 8. The van der Waals surface area contributed by atoms with Gasteiger partial charge in [0, 0.05) is 16.6 Å². The minimum Gasteiger partial charge on any atom is -0.504 e. The maximum atomic E-state index is 12.0. The van der Waals surface area contributed by atoms with Gasteiger partial charge >= 0.3 is 6.16 Å². The molecule has 9 heteroatoms. The zero-order valence-corrected chi connectivity index (χ0v) is 18.8. The number of nitrogens with one attached hydrogen (secondary N) is 2. The van der Waals surface area contributed by atoms with Crippen molar-refractivity contribution in [1.82, 2.24) is 15.8 Å². The molecule has 0 amide bonds. The second-order valence-corrected chi connectivity index (χ2v) is 8.27. The van der Waals surface area contributed by atoms with Crippen LogP contribution in [0.15, 0.2) is 54.4 Å². The number of phenolic OH excluding ortho intramolecular Hbond substituents is 1. The van der Waals surface area contributed by atoms with E-state index in [-0.39, 0.29) is 18.4 Å². The van der Waals surface area contributed by atoms with Crippen molar-refractivity contribution in [1.29, 1.82) is 0 Å². The van der Waals surface area contributed by atoms with Crippen LogP contribution in [-0.4, -0.2) is 36.2 Å². The molecule has 0 aliphatic carbocycles. The van der Waals surface area contributed by atoms with Gasteiger partial charge in [0.05, 0.1) is 25.5 Å². The van der Waals surface area contributed by atoms with Crippen molar-refractivity contribution in [2.75, 3.05) is 13.7 Å². The Bertz CT molecular complexity index is 1030. The minimum atomic E-state index is -0.774. The number of fused-ring (bicyclic) bond motifs is 1. The summed E-state index contributed by atoms with van der Waals surface area (Å²) in [6.07, 6.45) is 0.962. The Balaban J connectivity index is 1.73. The average Bonchev–Trinajstić information content (AvgIpc) is 3.18. The normalized spacial score (nSPS) is 24.8. The van der Waals surface area contributed by atoms with E-state index in [2.05, 4.69) is 17.7 Å². The van der Waals surface area contributed by atoms with E-state index in [0.29, 0.717) is 28.5 Å². The zero-order valence-electron chi connectivity index (χ0n) is 18.1. The molecule has 4 rings (SSSR count). The van der Waals surface area contributed by atoms with E-state index in [0.717, 1.165) is 5.56 Å². The van der Waals surface area contributed by atoms with Crippen LogP contribution in [0.4, 0.5) is 4.79 Å². The molecule has 0 saturated carbocycles. The third-order valence-corrected chi connectivity index (χ3v) is 6.17. The van der Waals surface area contributed by atoms with Gasteiger partial charge in [0.25, 0.3) is 0 Å². The van der Waals surface area contributed by atoms with E-state index in [1.54, 1.807) is 19.2 Å². The number of hydrogen-bond donors (Lipinski definition) is 3. The van der Waals surface area contributed by atoms with Crippen LogP contribution in [0.3, 0.4) is 0 Å². The lowest BCUT2D eigenvalue weighted by Gasteiger charge is -2.50. The lowest BCUT2D eigenvalue weighted by molar-refractivity contribution is -0.0386. The van der Waals surface area contributed by atoms with Crippen molar-refractivity contribution in [3.63, 3.8) is 0 Å². The van der Waals surface area contributed by atoms with Crippen LogP contribution in [0.5, 0.6) is 11.5 Å². The van der Waals surface area contributed by atoms with Gasteiger partial charge in [-0.05, 0) is 44.0 Å². The van der Waals surface area contributed by atoms with E-state index in [9.17, 15) is 9.90 Å². The van der Waals surface area contributed by atoms with E-state index in [1.807, 2.05) is 41.4 Å². The fourth-order valence-electron chi connectivity index (χ4n) is 4.32. The van der Waals surface area contributed by atoms with Crippen LogP contribution < -0.4 is 15.5 Å². The molecule has 3 atom stereocenters. The molecule has 170 valence electrons. The zero-order chi connectivity index (χ0) is 22.9. The topological polar surface area (TPSA) is 92.3 Å². The number of halogens is 1. The number of nitrogens with zero attached hydrogens (tertiary/aromatic N) is 1. The summed E-state index contributed by atoms with van der Waals surface area (Å²) in [7, 11) is 1.52. The van der Waals surface area contributed by atoms with Crippen LogP contribution in [0.1, 0.15) is 37.4 Å². The third kappa shape index (κ3) is 3.97. The van der Waals surface area contributed by atoms with Gasteiger partial charge in [-0.15, -0.1) is 0 Å². The second-order valence-electron chi connectivity index (χ2n) is 7.84. The number of carbonyl (C=O) groups excluding carboxylic acids is 1. The van der Waals surface area contributed by atoms with E-state index in [4.69, 9.17) is 25.8 Å². The maximum absolute atomic E-state index is 12.0. The molecule has 8 nitrogen and oxygen atoms in total. The van der Waals surface area contributed by atoms with Crippen molar-refractivity contribution in [3.05, 3.63) is 70.6 Å². The number of hydrazine groups is 1. The maximum Gasteiger partial charge on any atom is 0.513 e. The number of ether oxygens (including phenoxy) is 3. The first-order valence-electron chi connectivity index (χ1n) is 10.4. The summed E-state index contributed by atoms with van der Waals surface area (Å²) in [5.41, 5.74) is 4.38. The highest BCUT2D eigenvalue weighted by molar-refractivity contribution is 6.30. The Morgan fingerprint density at radius 3 is 2.72 bits per heavy atom. The molecule has 32 heavy (non-hydrogen) atoms. The quantitative estimate of drug-likeness (QED) is 0.574. The first-order chi connectivity index (χ1) is 15.4. The molecule has 2 aliphatic heterocycles. The van der Waals surface area contributed by atoms with Crippen molar-refractivity contribution >= 4 is 17.8 Å². The fourth-order valence-corrected chi connectivity index (χ4v) is 4.45. The smallest absolute Gasteiger partial charge is 0.504 e. The molecule has 1 saturated heterocycles. The van der Waals surface area contributed by atoms with Gasteiger partial charge in [-0.1, -0.05) is 35.9 Å². The van der Waals surface area contributed by atoms with Crippen molar-refractivity contribution in [2.24, 2.45) is 0 Å². The van der Waals surface area contributed by atoms with Gasteiger partial charge in [-0.25, -0.2) is 4.79 Å². The molecule has 3 N–H and O–H groups in total. The lowest BCUT2D eigenvalue weighted by atomic mass is 9.80. The van der Waals surface area contributed by atoms with Crippen molar-refractivity contribution in [2.45, 2.75) is 38.0 Å². The number of phenols is 1. The van der Waals surface area contributed by atoms with E-state index < -0.39 is 17.9 Å². The number of aromatic hydroxyl groups is 1. The molecule has 0 bridgehead atoms. The summed E-state index contributed by atoms with van der Waals surface area (Å²) >= 11 is 6.13. The Labute approximate surface area is 191 Å². The first-order valence-corrected chi connectivity index (χ1v) is 10.7. The first kappa shape index (κ1) is 22.3. The average molecular weight is 460 g/mol. The number of carbonyl (C=O) groups is 1. The Hall–Kier alpha value is -2.94. The van der Waals surface area contributed by atoms with Crippen LogP contribution in [0.2, 0.25) is 5.02 Å². The number of para-hydroxylation sites is 1. The van der Waals surface area contributed by atoms with Gasteiger partial charge in [-0.2, -0.15) is 5.01 Å². The molecule has 0 radical (unpaired) electrons. The summed E-state index contributed by atoms with van der Waals surface area (Å²) in [5, 5.41) is 16.9. The summed E-state index contributed by atoms with van der Waals surface area (Å²) < 4.78 is 15.7. The highest BCUT2D eigenvalue weighted by Gasteiger charge is 2.50. The van der Waals surface area contributed by atoms with Gasteiger partial charge in [0.15, 0.2) is 17.3 Å². The van der Waals surface area contributed by atoms with Gasteiger partial charge in [-0.3, -0.25) is 5.32 Å². The summed E-state index contributed by atoms with van der Waals surface area (Å²) in [4.78, 5) is 12.0. The standard InChI is InChI=1S/C23H26ClN3O5/c1-4-31-22(29)32-19-13-25-27-21(19)26-17(16-6-5-7-18(30-3)20(16)28)12-23(27,2)14-8-10-15(24)11-9-14/h5-11,13,17,21,25-26,28H,4,12H2,1-3H3. The number of methoxy groups -OCH3 is 1. The monoisotopic (exact) mass is 459 g/mol. The molecular weight excluding hydrogens is 434 g/mol. The number of benzene rings is 2. The van der Waals surface area contributed by atoms with Crippen LogP contribution in [0, 0.1) is 0 Å². The molecule has 1 fully saturated rings. The Morgan fingerprint density at radius 1 is 1.28 bits per heavy atom. The predicted molar refractivity (Wildman–Crippen MR) is 119 cm³/mol. The SMILES string of the molecule is CCOC(=O)OC1=CNN2C1NC(c1cccc(OC)c1O)CC2(C)c1ccc(Cl)cc1. The van der Waals surface area contributed by atoms with Crippen molar-refractivity contribution in [3.8, 4) is 11.5 Å². The molecule has 2 heterocycles. The highest BCUT2D eigenvalue weighted by atomic mass is 35.5. The minimum absolute atomic E-state index is 0.0715. The molecule has 0 aromatic heterocycles. The van der Waals surface area contributed by atoms with Crippen LogP contribution >= 0.6 is 11.6 Å². The Morgan fingerprint density at radius 2 is 2.03 bits per heavy atom. The molecular formula is C23H26ClN3O5. The van der Waals surface area contributed by atoms with E-state index >= 15 is 0 Å². The summed E-state index contributed by atoms with van der Waals surface area (Å²) in [5.74, 6) is 0.834. The fraction of sp³-hybridized carbons (Fsp3) is 0.348. The lowest BCUT2D eigenvalue weighted by Crippen LogP contribution is -2.63. The predicted octanol–water partition coefficient (Wildman–Crippen LogP) is 4.16. The van der Waals surface area contributed by atoms with Gasteiger partial charge in [0.1, 0.15) is 6.17 Å². The summed E-state index contributed by atoms with van der Waals surface area (Å²) in [6.45, 7) is 4.01. The number of rotatable bonds is 5. The molecule has 0 spiro atoms. The van der Waals surface area contributed by atoms with Gasteiger partial charge in [0.2, 0.25) is 0 Å². The molecule has 2 aromatic carbocycles. The largest absolute Gasteiger partial charge is 0.513 e. The van der Waals surface area contributed by atoms with E-state index in [1.165, 1.54) is 7.11 Å². The Kier molecular flexibility index (Phi) is 6.19. The van der Waals surface area contributed by atoms with Crippen LogP contribution in [-0.2, 0) is 15.0 Å². The third-order valence-electron chi connectivity index (χ3n) is 5.92. The molecule has 2 aromatic rings. The van der Waals surface area contributed by atoms with Crippen molar-refractivity contribution < 1.29 is 24.1 Å². The molecule has 2 aliphatic rings.